The van der Waals surface area contributed by atoms with Gasteiger partial charge >= 0.3 is 0 Å². The first-order chi connectivity index (χ1) is 26.7. The molecule has 54 heavy (non-hydrogen) atoms. The Labute approximate surface area is 320 Å². The maximum Gasteiger partial charge on any atom is 0.0468 e. The van der Waals surface area contributed by atoms with Gasteiger partial charge in [-0.15, -0.1) is 11.3 Å². The Morgan fingerprint density at radius 2 is 0.981 bits per heavy atom. The van der Waals surface area contributed by atoms with Crippen LogP contribution in [-0.4, -0.2) is 0 Å². The molecule has 0 saturated heterocycles. The Morgan fingerprint density at radius 1 is 0.370 bits per heavy atom. The van der Waals surface area contributed by atoms with E-state index in [9.17, 15) is 0 Å². The van der Waals surface area contributed by atoms with E-state index in [0.29, 0.717) is 0 Å². The lowest BCUT2D eigenvalue weighted by Gasteiger charge is -2.26. The number of hydrogen-bond acceptors (Lipinski definition) is 2. The van der Waals surface area contributed by atoms with Crippen LogP contribution in [0.5, 0.6) is 0 Å². The predicted octanol–water partition coefficient (Wildman–Crippen LogP) is 15.4. The first-order valence-electron chi connectivity index (χ1n) is 18.7. The van der Waals surface area contributed by atoms with Crippen molar-refractivity contribution in [3.8, 4) is 33.4 Å². The molecule has 0 atom stereocenters. The van der Waals surface area contributed by atoms with E-state index in [-0.39, 0.29) is 0 Å². The molecule has 0 saturated carbocycles. The van der Waals surface area contributed by atoms with Gasteiger partial charge in [0, 0.05) is 37.2 Å². The van der Waals surface area contributed by atoms with Crippen molar-refractivity contribution >= 4 is 64.9 Å². The number of fused-ring (bicyclic) bond motifs is 4. The third-order valence-electron chi connectivity index (χ3n) is 10.7. The van der Waals surface area contributed by atoms with Gasteiger partial charge in [-0.05, 0) is 135 Å². The molecule has 0 fully saturated rings. The van der Waals surface area contributed by atoms with E-state index in [0.717, 1.165) is 29.9 Å². The highest BCUT2D eigenvalue weighted by molar-refractivity contribution is 7.25. The zero-order chi connectivity index (χ0) is 35.8. The Hall–Kier alpha value is -6.48. The largest absolute Gasteiger partial charge is 0.310 e. The second-order valence-corrected chi connectivity index (χ2v) is 15.2. The molecule has 1 aliphatic carbocycles. The van der Waals surface area contributed by atoms with Gasteiger partial charge in [0.25, 0.3) is 0 Å². The summed E-state index contributed by atoms with van der Waals surface area (Å²) in [7, 11) is 0. The van der Waals surface area contributed by atoms with E-state index >= 15 is 0 Å². The van der Waals surface area contributed by atoms with Gasteiger partial charge in [0.15, 0.2) is 0 Å². The summed E-state index contributed by atoms with van der Waals surface area (Å²) in [6.45, 7) is 0. The molecule has 2 heteroatoms. The summed E-state index contributed by atoms with van der Waals surface area (Å²) < 4.78 is 2.62. The summed E-state index contributed by atoms with van der Waals surface area (Å²) in [6.07, 6.45) is 9.10. The predicted molar refractivity (Wildman–Crippen MR) is 234 cm³/mol. The van der Waals surface area contributed by atoms with Crippen molar-refractivity contribution in [1.82, 2.24) is 0 Å². The fourth-order valence-corrected chi connectivity index (χ4v) is 8.97. The summed E-state index contributed by atoms with van der Waals surface area (Å²) in [5.41, 5.74) is 13.2. The highest BCUT2D eigenvalue weighted by Crippen LogP contribution is 2.42. The highest BCUT2D eigenvalue weighted by Gasteiger charge is 2.17. The molecule has 0 bridgehead atoms. The summed E-state index contributed by atoms with van der Waals surface area (Å²) >= 11 is 1.86. The number of anilines is 3. The second-order valence-electron chi connectivity index (χ2n) is 14.1. The molecule has 1 aromatic heterocycles. The van der Waals surface area contributed by atoms with Crippen LogP contribution in [-0.2, 0) is 0 Å². The van der Waals surface area contributed by atoms with Crippen LogP contribution in [0.15, 0.2) is 200 Å². The topological polar surface area (TPSA) is 3.24 Å². The molecule has 9 aromatic rings. The van der Waals surface area contributed by atoms with E-state index in [1.54, 1.807) is 0 Å². The molecule has 256 valence electrons. The number of thiophene rings is 1. The first-order valence-corrected chi connectivity index (χ1v) is 19.5. The molecule has 1 nitrogen and oxygen atoms in total. The normalized spacial score (nSPS) is 12.7. The van der Waals surface area contributed by atoms with E-state index in [4.69, 9.17) is 0 Å². The maximum absolute atomic E-state index is 2.40. The van der Waals surface area contributed by atoms with Gasteiger partial charge in [-0.1, -0.05) is 133 Å². The van der Waals surface area contributed by atoms with E-state index in [1.807, 2.05) is 11.3 Å². The quantitative estimate of drug-likeness (QED) is 0.159. The Kier molecular flexibility index (Phi) is 8.24. The summed E-state index contributed by atoms with van der Waals surface area (Å²) in [6, 6.07) is 66.9. The minimum atomic E-state index is 1.10. The van der Waals surface area contributed by atoms with Crippen LogP contribution >= 0.6 is 11.3 Å². The molecule has 0 unspecified atom stereocenters. The fraction of sp³-hybridized carbons (Fsp3) is 0.0385. The number of nitrogens with zero attached hydrogens (tertiary/aromatic N) is 1. The number of rotatable bonds is 7. The van der Waals surface area contributed by atoms with Crippen molar-refractivity contribution in [3.05, 3.63) is 206 Å². The number of hydrogen-bond donors (Lipinski definition) is 0. The van der Waals surface area contributed by atoms with Crippen LogP contribution in [0.1, 0.15) is 18.4 Å². The van der Waals surface area contributed by atoms with Gasteiger partial charge in [-0.25, -0.2) is 0 Å². The Bertz CT molecular complexity index is 2890. The van der Waals surface area contributed by atoms with Crippen molar-refractivity contribution in [2.24, 2.45) is 0 Å². The summed E-state index contributed by atoms with van der Waals surface area (Å²) in [5, 5.41) is 5.11. The molecule has 0 amide bonds. The van der Waals surface area contributed by atoms with Crippen LogP contribution in [0.25, 0.3) is 69.9 Å². The number of allylic oxidation sites excluding steroid dienone is 4. The number of benzene rings is 8. The SMILES string of the molecule is C1=CC(c2cccc(-c3cccc(N(c4ccc(-c5cccc(-c6ccc7ccccc7c6)c5)cc4)c4ccc5sc6ccccc6c5c4)c3)c2)=CCC1. The van der Waals surface area contributed by atoms with Crippen LogP contribution in [0.3, 0.4) is 0 Å². The molecule has 1 heterocycles. The summed E-state index contributed by atoms with van der Waals surface area (Å²) in [5.74, 6) is 0. The second kappa shape index (κ2) is 13.8. The first kappa shape index (κ1) is 32.2. The molecule has 8 aromatic carbocycles. The third kappa shape index (κ3) is 6.11. The van der Waals surface area contributed by atoms with Crippen LogP contribution in [0.4, 0.5) is 17.1 Å². The van der Waals surface area contributed by atoms with Gasteiger partial charge < -0.3 is 4.90 Å². The van der Waals surface area contributed by atoms with Gasteiger partial charge in [-0.2, -0.15) is 0 Å². The van der Waals surface area contributed by atoms with Crippen molar-refractivity contribution in [1.29, 1.82) is 0 Å². The molecule has 0 radical (unpaired) electrons. The molecule has 1 aliphatic rings. The summed E-state index contributed by atoms with van der Waals surface area (Å²) in [4.78, 5) is 2.40. The fourth-order valence-electron chi connectivity index (χ4n) is 7.88. The van der Waals surface area contributed by atoms with Crippen molar-refractivity contribution < 1.29 is 0 Å². The molecule has 0 N–H and O–H groups in total. The van der Waals surface area contributed by atoms with Gasteiger partial charge in [0.2, 0.25) is 0 Å². The Morgan fingerprint density at radius 3 is 1.80 bits per heavy atom. The molecular formula is C52H37NS. The van der Waals surface area contributed by atoms with Crippen LogP contribution in [0, 0.1) is 0 Å². The van der Waals surface area contributed by atoms with Crippen molar-refractivity contribution in [2.75, 3.05) is 4.90 Å². The van der Waals surface area contributed by atoms with E-state index in [2.05, 4.69) is 205 Å². The van der Waals surface area contributed by atoms with E-state index in [1.165, 1.54) is 75.5 Å². The third-order valence-corrected chi connectivity index (χ3v) is 11.8. The molecule has 0 aliphatic heterocycles. The van der Waals surface area contributed by atoms with Gasteiger partial charge in [-0.3, -0.25) is 0 Å². The standard InChI is InChI=1S/C52H37NS/c1-2-11-36(12-3-1)40-15-8-17-42(31-40)44-19-10-20-47(34-44)53(48-29-30-52-50(35-48)49-21-6-7-22-51(49)54-52)46-27-25-38(26-28-46)41-16-9-18-43(32-41)45-24-23-37-13-4-5-14-39(37)33-45/h2,4-35H,1,3H2. The van der Waals surface area contributed by atoms with Crippen LogP contribution in [0.2, 0.25) is 0 Å². The maximum atomic E-state index is 2.40. The lowest BCUT2D eigenvalue weighted by molar-refractivity contribution is 1.04. The minimum absolute atomic E-state index is 1.10. The highest BCUT2D eigenvalue weighted by atomic mass is 32.1. The Balaban J connectivity index is 1.05. The zero-order valence-corrected chi connectivity index (χ0v) is 30.6. The monoisotopic (exact) mass is 707 g/mol. The molecular weight excluding hydrogens is 671 g/mol. The van der Waals surface area contributed by atoms with Crippen LogP contribution < -0.4 is 4.90 Å². The lowest BCUT2D eigenvalue weighted by Crippen LogP contribution is -2.10. The average Bonchev–Trinajstić information content (AvgIpc) is 3.62. The van der Waals surface area contributed by atoms with Crippen molar-refractivity contribution in [3.63, 3.8) is 0 Å². The molecule has 0 spiro atoms. The average molecular weight is 708 g/mol. The smallest absolute Gasteiger partial charge is 0.0468 e. The minimum Gasteiger partial charge on any atom is -0.310 e. The van der Waals surface area contributed by atoms with Gasteiger partial charge in [0.05, 0.1) is 0 Å². The van der Waals surface area contributed by atoms with Gasteiger partial charge in [0.1, 0.15) is 0 Å². The lowest BCUT2D eigenvalue weighted by atomic mass is 9.95. The zero-order valence-electron chi connectivity index (χ0n) is 29.8. The molecule has 10 rings (SSSR count). The van der Waals surface area contributed by atoms with Crippen molar-refractivity contribution in [2.45, 2.75) is 12.8 Å². The van der Waals surface area contributed by atoms with E-state index < -0.39 is 0 Å².